The molecule has 2 atom stereocenters. The minimum atomic E-state index is -0.429. The standard InChI is InChI=1S/C22H25N3O3S/c1-15(26)21-14-29-22(24(21)17-9-5-6-10-17)23-20-12-11-18(25(27)28)13-19(20)16-7-3-2-4-8-16/h2-4,7-8,11-13,15,17,21,26H,5-6,9-10,14H2,1H3/t15-,21-/m1/s1. The number of amidine groups is 1. The minimum Gasteiger partial charge on any atom is -0.391 e. The van der Waals surface area contributed by atoms with Gasteiger partial charge in [0.25, 0.3) is 5.69 Å². The summed E-state index contributed by atoms with van der Waals surface area (Å²) in [5.41, 5.74) is 2.43. The second-order valence-electron chi connectivity index (χ2n) is 7.68. The Bertz CT molecular complexity index is 911. The molecule has 2 fully saturated rings. The van der Waals surface area contributed by atoms with E-state index in [2.05, 4.69) is 4.90 Å². The first kappa shape index (κ1) is 19.9. The van der Waals surface area contributed by atoms with Gasteiger partial charge in [0.2, 0.25) is 0 Å². The molecule has 1 N–H and O–H groups in total. The molecule has 4 rings (SSSR count). The van der Waals surface area contributed by atoms with E-state index in [4.69, 9.17) is 4.99 Å². The Hall–Kier alpha value is -2.38. The summed E-state index contributed by atoms with van der Waals surface area (Å²) in [5, 5.41) is 22.5. The molecule has 0 aromatic heterocycles. The van der Waals surface area contributed by atoms with Crippen LogP contribution >= 0.6 is 11.8 Å². The summed E-state index contributed by atoms with van der Waals surface area (Å²) in [6, 6.07) is 15.0. The molecule has 0 bridgehead atoms. The maximum absolute atomic E-state index is 11.3. The molecular weight excluding hydrogens is 386 g/mol. The number of hydrogen-bond acceptors (Lipinski definition) is 5. The molecular formula is C22H25N3O3S. The zero-order valence-electron chi connectivity index (χ0n) is 16.4. The molecule has 2 aromatic carbocycles. The van der Waals surface area contributed by atoms with E-state index < -0.39 is 6.10 Å². The highest BCUT2D eigenvalue weighted by Gasteiger charge is 2.39. The number of nitrogens with zero attached hydrogens (tertiary/aromatic N) is 3. The number of aliphatic imine (C=N–C) groups is 1. The Morgan fingerprint density at radius 1 is 1.21 bits per heavy atom. The van der Waals surface area contributed by atoms with Crippen LogP contribution < -0.4 is 0 Å². The van der Waals surface area contributed by atoms with Gasteiger partial charge in [-0.25, -0.2) is 4.99 Å². The number of nitro groups is 1. The first-order valence-electron chi connectivity index (χ1n) is 10.1. The van der Waals surface area contributed by atoms with E-state index in [1.165, 1.54) is 18.9 Å². The first-order chi connectivity index (χ1) is 14.0. The monoisotopic (exact) mass is 411 g/mol. The zero-order chi connectivity index (χ0) is 20.4. The summed E-state index contributed by atoms with van der Waals surface area (Å²) in [6.07, 6.45) is 4.22. The third-order valence-electron chi connectivity index (χ3n) is 5.73. The van der Waals surface area contributed by atoms with Gasteiger partial charge in [-0.05, 0) is 31.4 Å². The summed E-state index contributed by atoms with van der Waals surface area (Å²) >= 11 is 1.67. The highest BCUT2D eigenvalue weighted by Crippen LogP contribution is 2.39. The molecule has 7 heteroatoms. The van der Waals surface area contributed by atoms with E-state index in [-0.39, 0.29) is 16.7 Å². The van der Waals surface area contributed by atoms with E-state index in [0.29, 0.717) is 6.04 Å². The molecule has 6 nitrogen and oxygen atoms in total. The molecule has 1 saturated carbocycles. The van der Waals surface area contributed by atoms with E-state index >= 15 is 0 Å². The number of benzene rings is 2. The van der Waals surface area contributed by atoms with Gasteiger partial charge in [-0.15, -0.1) is 0 Å². The highest BCUT2D eigenvalue weighted by atomic mass is 32.2. The lowest BCUT2D eigenvalue weighted by Gasteiger charge is -2.33. The van der Waals surface area contributed by atoms with Crippen molar-refractivity contribution < 1.29 is 10.0 Å². The fourth-order valence-corrected chi connectivity index (χ4v) is 5.57. The molecule has 2 aliphatic rings. The van der Waals surface area contributed by atoms with Crippen LogP contribution in [-0.4, -0.2) is 44.0 Å². The van der Waals surface area contributed by atoms with E-state index in [1.807, 2.05) is 37.3 Å². The molecule has 1 aliphatic carbocycles. The number of thioether (sulfide) groups is 1. The maximum atomic E-state index is 11.3. The molecule has 0 radical (unpaired) electrons. The molecule has 0 amide bonds. The maximum Gasteiger partial charge on any atom is 0.270 e. The van der Waals surface area contributed by atoms with Crippen LogP contribution in [0.2, 0.25) is 0 Å². The Morgan fingerprint density at radius 2 is 1.93 bits per heavy atom. The average molecular weight is 412 g/mol. The van der Waals surface area contributed by atoms with Crippen LogP contribution in [0.5, 0.6) is 0 Å². The van der Waals surface area contributed by atoms with Crippen molar-refractivity contribution in [1.29, 1.82) is 0 Å². The van der Waals surface area contributed by atoms with E-state index in [9.17, 15) is 15.2 Å². The lowest BCUT2D eigenvalue weighted by atomic mass is 10.0. The fourth-order valence-electron chi connectivity index (χ4n) is 4.21. The van der Waals surface area contributed by atoms with Crippen molar-refractivity contribution >= 4 is 28.3 Å². The third kappa shape index (κ3) is 4.16. The van der Waals surface area contributed by atoms with Crippen molar-refractivity contribution in [2.45, 2.75) is 50.8 Å². The Morgan fingerprint density at radius 3 is 2.59 bits per heavy atom. The second-order valence-corrected chi connectivity index (χ2v) is 8.67. The summed E-state index contributed by atoms with van der Waals surface area (Å²) in [7, 11) is 0. The molecule has 152 valence electrons. The Labute approximate surface area is 174 Å². The van der Waals surface area contributed by atoms with Crippen LogP contribution in [0.3, 0.4) is 0 Å². The predicted molar refractivity (Wildman–Crippen MR) is 118 cm³/mol. The van der Waals surface area contributed by atoms with Crippen molar-refractivity contribution in [2.24, 2.45) is 4.99 Å². The number of rotatable bonds is 5. The SMILES string of the molecule is C[C@@H](O)[C@H]1CSC(=Nc2ccc([N+](=O)[O-])cc2-c2ccccc2)N1C1CCCC1. The summed E-state index contributed by atoms with van der Waals surface area (Å²) < 4.78 is 0. The molecule has 1 heterocycles. The molecule has 1 aliphatic heterocycles. The fraction of sp³-hybridized carbons (Fsp3) is 0.409. The molecule has 1 saturated heterocycles. The molecule has 0 spiro atoms. The summed E-state index contributed by atoms with van der Waals surface area (Å²) in [4.78, 5) is 18.2. The number of nitro benzene ring substituents is 1. The lowest BCUT2D eigenvalue weighted by molar-refractivity contribution is -0.384. The van der Waals surface area contributed by atoms with Gasteiger partial charge in [-0.2, -0.15) is 0 Å². The quantitative estimate of drug-likeness (QED) is 0.554. The summed E-state index contributed by atoms with van der Waals surface area (Å²) in [6.45, 7) is 1.84. The van der Waals surface area contributed by atoms with Crippen molar-refractivity contribution in [2.75, 3.05) is 5.75 Å². The van der Waals surface area contributed by atoms with Gasteiger partial charge in [-0.3, -0.25) is 10.1 Å². The van der Waals surface area contributed by atoms with Crippen molar-refractivity contribution in [3.05, 3.63) is 58.6 Å². The largest absolute Gasteiger partial charge is 0.391 e. The van der Waals surface area contributed by atoms with Crippen LogP contribution in [0.1, 0.15) is 32.6 Å². The molecule has 29 heavy (non-hydrogen) atoms. The summed E-state index contributed by atoms with van der Waals surface area (Å²) in [5.74, 6) is 0.806. The van der Waals surface area contributed by atoms with E-state index in [0.717, 1.165) is 40.6 Å². The Kier molecular flexibility index (Phi) is 5.87. The van der Waals surface area contributed by atoms with Gasteiger partial charge in [0.1, 0.15) is 0 Å². The van der Waals surface area contributed by atoms with Crippen molar-refractivity contribution in [1.82, 2.24) is 4.90 Å². The topological polar surface area (TPSA) is 79.0 Å². The number of non-ortho nitro benzene ring substituents is 1. The molecule has 2 aromatic rings. The molecule has 0 unspecified atom stereocenters. The normalized spacial score (nSPS) is 22.3. The smallest absolute Gasteiger partial charge is 0.270 e. The Balaban J connectivity index is 1.77. The van der Waals surface area contributed by atoms with Crippen molar-refractivity contribution in [3.8, 4) is 11.1 Å². The van der Waals surface area contributed by atoms with Gasteiger partial charge >= 0.3 is 0 Å². The van der Waals surface area contributed by atoms with Crippen LogP contribution in [0.4, 0.5) is 11.4 Å². The average Bonchev–Trinajstić information content (AvgIpc) is 3.38. The highest BCUT2D eigenvalue weighted by molar-refractivity contribution is 8.14. The van der Waals surface area contributed by atoms with Crippen LogP contribution in [-0.2, 0) is 0 Å². The van der Waals surface area contributed by atoms with Gasteiger partial charge in [0.05, 0.1) is 22.8 Å². The zero-order valence-corrected chi connectivity index (χ0v) is 17.2. The van der Waals surface area contributed by atoms with Crippen molar-refractivity contribution in [3.63, 3.8) is 0 Å². The van der Waals surface area contributed by atoms with Gasteiger partial charge < -0.3 is 10.0 Å². The van der Waals surface area contributed by atoms with Gasteiger partial charge in [-0.1, -0.05) is 54.9 Å². The van der Waals surface area contributed by atoms with Crippen LogP contribution in [0, 0.1) is 10.1 Å². The predicted octanol–water partition coefficient (Wildman–Crippen LogP) is 4.99. The lowest BCUT2D eigenvalue weighted by Crippen LogP contribution is -2.46. The number of hydrogen-bond donors (Lipinski definition) is 1. The van der Waals surface area contributed by atoms with Gasteiger partial charge in [0.15, 0.2) is 5.17 Å². The van der Waals surface area contributed by atoms with Crippen LogP contribution in [0.25, 0.3) is 11.1 Å². The third-order valence-corrected chi connectivity index (χ3v) is 6.80. The number of aliphatic hydroxyl groups excluding tert-OH is 1. The van der Waals surface area contributed by atoms with E-state index in [1.54, 1.807) is 23.9 Å². The first-order valence-corrected chi connectivity index (χ1v) is 11.0. The van der Waals surface area contributed by atoms with Gasteiger partial charge in [0, 0.05) is 29.5 Å². The minimum absolute atomic E-state index is 0.0556. The second kappa shape index (κ2) is 8.55. The number of aliphatic hydroxyl groups is 1. The van der Waals surface area contributed by atoms with Crippen LogP contribution in [0.15, 0.2) is 53.5 Å².